The fraction of sp³-hybridized carbons (Fsp3) is 0.538. The van der Waals surface area contributed by atoms with Crippen LogP contribution in [0.15, 0.2) is 29.2 Å². The van der Waals surface area contributed by atoms with Gasteiger partial charge in [0.05, 0.1) is 4.90 Å². The summed E-state index contributed by atoms with van der Waals surface area (Å²) in [5.41, 5.74) is 0.638. The summed E-state index contributed by atoms with van der Waals surface area (Å²) in [7, 11) is 2.02. The molecule has 0 aliphatic heterocycles. The van der Waals surface area contributed by atoms with Gasteiger partial charge in [0.1, 0.15) is 0 Å². The molecule has 0 aliphatic carbocycles. The molecule has 0 radical (unpaired) electrons. The van der Waals surface area contributed by atoms with E-state index < -0.39 is 17.9 Å². The van der Waals surface area contributed by atoms with Gasteiger partial charge in [0.2, 0.25) is 0 Å². The molecule has 0 heterocycles. The van der Waals surface area contributed by atoms with Crippen LogP contribution in [-0.4, -0.2) is 38.0 Å². The molecule has 0 unspecified atom stereocenters. The van der Waals surface area contributed by atoms with Gasteiger partial charge in [-0.1, -0.05) is 25.1 Å². The monoisotopic (exact) mass is 352 g/mol. The molecule has 8 heteroatoms. The van der Waals surface area contributed by atoms with Gasteiger partial charge in [0.25, 0.3) is 9.05 Å². The van der Waals surface area contributed by atoms with Crippen molar-refractivity contribution in [1.29, 1.82) is 0 Å². The second-order valence-electron chi connectivity index (χ2n) is 4.49. The van der Waals surface area contributed by atoms with Crippen LogP contribution in [0, 0.1) is 0 Å². The standard InChI is InChI=1S/C13H21ClO5SSi/c1-4-10-19-21(17-2,18-3)11-9-12-7-5-6-8-13(12)20(14,15)16/h5-8H,4,9-11H2,1-3H3. The first-order valence-corrected chi connectivity index (χ1v) is 10.9. The van der Waals surface area contributed by atoms with E-state index >= 15 is 0 Å². The van der Waals surface area contributed by atoms with Gasteiger partial charge in [0.15, 0.2) is 0 Å². The van der Waals surface area contributed by atoms with Crippen LogP contribution in [0.5, 0.6) is 0 Å². The van der Waals surface area contributed by atoms with Crippen LogP contribution in [0.25, 0.3) is 0 Å². The van der Waals surface area contributed by atoms with E-state index in [1.807, 2.05) is 6.92 Å². The third-order valence-electron chi connectivity index (χ3n) is 3.08. The van der Waals surface area contributed by atoms with Crippen LogP contribution >= 0.6 is 10.7 Å². The van der Waals surface area contributed by atoms with Gasteiger partial charge in [-0.3, -0.25) is 0 Å². The largest absolute Gasteiger partial charge is 0.500 e. The summed E-state index contributed by atoms with van der Waals surface area (Å²) in [6, 6.07) is 7.14. The zero-order chi connectivity index (χ0) is 15.9. The Morgan fingerprint density at radius 3 is 2.33 bits per heavy atom. The van der Waals surface area contributed by atoms with Gasteiger partial charge in [-0.05, 0) is 24.5 Å². The second kappa shape index (κ2) is 8.26. The molecule has 5 nitrogen and oxygen atoms in total. The van der Waals surface area contributed by atoms with E-state index in [-0.39, 0.29) is 4.90 Å². The molecule has 0 spiro atoms. The first kappa shape index (κ1) is 18.6. The molecular weight excluding hydrogens is 332 g/mol. The van der Waals surface area contributed by atoms with Crippen LogP contribution < -0.4 is 0 Å². The minimum atomic E-state index is -3.77. The van der Waals surface area contributed by atoms with Crippen molar-refractivity contribution in [2.75, 3.05) is 20.8 Å². The first-order chi connectivity index (χ1) is 9.88. The normalized spacial score (nSPS) is 12.6. The van der Waals surface area contributed by atoms with Crippen molar-refractivity contribution in [2.45, 2.75) is 30.7 Å². The molecule has 0 fully saturated rings. The highest BCUT2D eigenvalue weighted by Crippen LogP contribution is 2.24. The maximum atomic E-state index is 11.6. The van der Waals surface area contributed by atoms with Crippen molar-refractivity contribution in [2.24, 2.45) is 0 Å². The smallest absolute Gasteiger partial charge is 0.377 e. The molecule has 0 bridgehead atoms. The average molecular weight is 353 g/mol. The highest BCUT2D eigenvalue weighted by molar-refractivity contribution is 8.13. The SMILES string of the molecule is CCCO[Si](CCc1ccccc1S(=O)(=O)Cl)(OC)OC. The van der Waals surface area contributed by atoms with E-state index in [1.54, 1.807) is 32.4 Å². The van der Waals surface area contributed by atoms with E-state index in [0.29, 0.717) is 24.6 Å². The molecule has 0 N–H and O–H groups in total. The molecule has 0 saturated carbocycles. The van der Waals surface area contributed by atoms with Crippen LogP contribution in [0.2, 0.25) is 6.04 Å². The van der Waals surface area contributed by atoms with Crippen molar-refractivity contribution in [3.8, 4) is 0 Å². The van der Waals surface area contributed by atoms with Gasteiger partial charge in [-0.15, -0.1) is 0 Å². The number of aryl methyl sites for hydroxylation is 1. The molecule has 1 rings (SSSR count). The molecule has 1 aromatic rings. The predicted octanol–water partition coefficient (Wildman–Crippen LogP) is 2.81. The molecule has 1 aromatic carbocycles. The van der Waals surface area contributed by atoms with Gasteiger partial charge < -0.3 is 13.3 Å². The Balaban J connectivity index is 2.91. The molecule has 21 heavy (non-hydrogen) atoms. The lowest BCUT2D eigenvalue weighted by Crippen LogP contribution is -2.44. The third-order valence-corrected chi connectivity index (χ3v) is 7.26. The predicted molar refractivity (Wildman–Crippen MR) is 84.0 cm³/mol. The van der Waals surface area contributed by atoms with Gasteiger partial charge in [-0.2, -0.15) is 0 Å². The number of hydrogen-bond donors (Lipinski definition) is 0. The highest BCUT2D eigenvalue weighted by atomic mass is 35.7. The average Bonchev–Trinajstić information content (AvgIpc) is 2.48. The molecule has 0 amide bonds. The van der Waals surface area contributed by atoms with Gasteiger partial charge >= 0.3 is 8.80 Å². The Bertz CT molecular complexity index is 545. The lowest BCUT2D eigenvalue weighted by molar-refractivity contribution is 0.0984. The van der Waals surface area contributed by atoms with E-state index in [4.69, 9.17) is 24.0 Å². The van der Waals surface area contributed by atoms with Gasteiger partial charge in [0, 0.05) is 37.6 Å². The number of rotatable bonds is 9. The second-order valence-corrected chi connectivity index (χ2v) is 9.99. The fourth-order valence-electron chi connectivity index (χ4n) is 1.97. The molecule has 0 atom stereocenters. The lowest BCUT2D eigenvalue weighted by atomic mass is 10.2. The third kappa shape index (κ3) is 5.35. The summed E-state index contributed by atoms with van der Waals surface area (Å²) in [5.74, 6) is 0. The Hall–Kier alpha value is -0.443. The molecular formula is C13H21ClO5SSi. The van der Waals surface area contributed by atoms with Crippen LogP contribution in [0.3, 0.4) is 0 Å². The quantitative estimate of drug-likeness (QED) is 0.505. The minimum Gasteiger partial charge on any atom is -0.377 e. The summed E-state index contributed by atoms with van der Waals surface area (Å²) < 4.78 is 39.8. The zero-order valence-electron chi connectivity index (χ0n) is 12.5. The molecule has 0 saturated heterocycles. The van der Waals surface area contributed by atoms with Gasteiger partial charge in [-0.25, -0.2) is 8.42 Å². The number of benzene rings is 1. The summed E-state index contributed by atoms with van der Waals surface area (Å²) >= 11 is 0. The fourth-order valence-corrected chi connectivity index (χ4v) is 5.19. The molecule has 0 aromatic heterocycles. The topological polar surface area (TPSA) is 61.8 Å². The first-order valence-electron chi connectivity index (χ1n) is 6.65. The van der Waals surface area contributed by atoms with Crippen molar-refractivity contribution >= 4 is 28.5 Å². The maximum Gasteiger partial charge on any atom is 0.500 e. The highest BCUT2D eigenvalue weighted by Gasteiger charge is 2.38. The maximum absolute atomic E-state index is 11.6. The molecule has 0 aliphatic rings. The summed E-state index contributed by atoms with van der Waals surface area (Å²) in [4.78, 5) is 0.122. The van der Waals surface area contributed by atoms with Crippen molar-refractivity contribution in [1.82, 2.24) is 0 Å². The Labute approximate surface area is 132 Å². The van der Waals surface area contributed by atoms with Crippen molar-refractivity contribution in [3.63, 3.8) is 0 Å². The van der Waals surface area contributed by atoms with E-state index in [1.165, 1.54) is 6.07 Å². The van der Waals surface area contributed by atoms with E-state index in [2.05, 4.69) is 0 Å². The Kier molecular flexibility index (Phi) is 7.32. The summed E-state index contributed by atoms with van der Waals surface area (Å²) in [5, 5.41) is 0. The Morgan fingerprint density at radius 2 is 1.81 bits per heavy atom. The van der Waals surface area contributed by atoms with Crippen LogP contribution in [-0.2, 0) is 28.7 Å². The Morgan fingerprint density at radius 1 is 1.19 bits per heavy atom. The lowest BCUT2D eigenvalue weighted by Gasteiger charge is -2.26. The van der Waals surface area contributed by atoms with E-state index in [0.717, 1.165) is 6.42 Å². The van der Waals surface area contributed by atoms with Crippen molar-refractivity contribution < 1.29 is 21.7 Å². The summed E-state index contributed by atoms with van der Waals surface area (Å²) in [6.07, 6.45) is 1.31. The van der Waals surface area contributed by atoms with E-state index in [9.17, 15) is 8.42 Å². The molecule has 120 valence electrons. The zero-order valence-corrected chi connectivity index (χ0v) is 15.0. The van der Waals surface area contributed by atoms with Crippen LogP contribution in [0.1, 0.15) is 18.9 Å². The number of halogens is 1. The summed E-state index contributed by atoms with van der Waals surface area (Å²) in [6.45, 7) is 2.54. The minimum absolute atomic E-state index is 0.122. The number of hydrogen-bond acceptors (Lipinski definition) is 5. The van der Waals surface area contributed by atoms with Crippen molar-refractivity contribution in [3.05, 3.63) is 29.8 Å². The van der Waals surface area contributed by atoms with Crippen LogP contribution in [0.4, 0.5) is 0 Å².